The molecular weight excluding hydrogens is 472 g/mol. The number of aryl methyl sites for hydroxylation is 1. The molecule has 0 amide bonds. The number of benzene rings is 1. The highest BCUT2D eigenvalue weighted by Gasteiger charge is 2.29. The zero-order valence-corrected chi connectivity index (χ0v) is 21.2. The molecule has 1 aromatic carbocycles. The van der Waals surface area contributed by atoms with Gasteiger partial charge in [0.25, 0.3) is 0 Å². The maximum absolute atomic E-state index is 5.69. The van der Waals surface area contributed by atoms with Crippen molar-refractivity contribution in [2.75, 3.05) is 32.2 Å². The lowest BCUT2D eigenvalue weighted by molar-refractivity contribution is 0.121. The molecule has 0 saturated carbocycles. The highest BCUT2D eigenvalue weighted by Crippen LogP contribution is 2.48. The molecule has 0 radical (unpaired) electrons. The molecule has 36 heavy (non-hydrogen) atoms. The first-order valence-electron chi connectivity index (χ1n) is 11.8. The van der Waals surface area contributed by atoms with Crippen molar-refractivity contribution in [3.63, 3.8) is 0 Å². The lowest BCUT2D eigenvalue weighted by Gasteiger charge is -2.20. The minimum absolute atomic E-state index is 0.177. The van der Waals surface area contributed by atoms with E-state index in [2.05, 4.69) is 39.1 Å². The normalized spacial score (nSPS) is 15.6. The molecule has 1 saturated heterocycles. The van der Waals surface area contributed by atoms with Crippen LogP contribution in [0.1, 0.15) is 6.42 Å². The Kier molecular flexibility index (Phi) is 5.86. The van der Waals surface area contributed by atoms with E-state index >= 15 is 0 Å². The Labute approximate surface area is 213 Å². The summed E-state index contributed by atoms with van der Waals surface area (Å²) in [5.74, 6) is 2.86. The fourth-order valence-corrected chi connectivity index (χ4v) is 5.91. The van der Waals surface area contributed by atoms with Gasteiger partial charge in [-0.3, -0.25) is 0 Å². The van der Waals surface area contributed by atoms with Crippen molar-refractivity contribution in [1.29, 1.82) is 0 Å². The quantitative estimate of drug-likeness (QED) is 0.324. The summed E-state index contributed by atoms with van der Waals surface area (Å²) in [6, 6.07) is 14.4. The van der Waals surface area contributed by atoms with Crippen molar-refractivity contribution < 1.29 is 9.47 Å². The van der Waals surface area contributed by atoms with E-state index in [4.69, 9.17) is 19.4 Å². The Morgan fingerprint density at radius 1 is 1.00 bits per heavy atom. The summed E-state index contributed by atoms with van der Waals surface area (Å²) in [5.41, 5.74) is 3.25. The molecule has 0 bridgehead atoms. The molecule has 0 N–H and O–H groups in total. The van der Waals surface area contributed by atoms with E-state index in [0.717, 1.165) is 62.9 Å². The number of hydrogen-bond acceptors (Lipinski definition) is 8. The van der Waals surface area contributed by atoms with Gasteiger partial charge in [0.15, 0.2) is 11.6 Å². The van der Waals surface area contributed by atoms with Gasteiger partial charge in [-0.05, 0) is 18.1 Å². The minimum Gasteiger partial charge on any atom is -0.481 e. The highest BCUT2D eigenvalue weighted by molar-refractivity contribution is 7.22. The summed E-state index contributed by atoms with van der Waals surface area (Å²) in [6.07, 6.45) is 6.69. The fourth-order valence-electron chi connectivity index (χ4n) is 4.72. The van der Waals surface area contributed by atoms with E-state index in [9.17, 15) is 0 Å². The highest BCUT2D eigenvalue weighted by atomic mass is 32.1. The fraction of sp³-hybridized carbons (Fsp3) is 0.259. The van der Waals surface area contributed by atoms with Gasteiger partial charge in [0.05, 0.1) is 18.6 Å². The Bertz CT molecular complexity index is 1510. The van der Waals surface area contributed by atoms with Crippen molar-refractivity contribution in [2.24, 2.45) is 7.05 Å². The third-order valence-electron chi connectivity index (χ3n) is 6.60. The number of rotatable bonds is 6. The number of anilines is 1. The summed E-state index contributed by atoms with van der Waals surface area (Å²) in [6.45, 7) is 1.65. The van der Waals surface area contributed by atoms with E-state index in [-0.39, 0.29) is 6.10 Å². The number of ether oxygens (including phenoxy) is 2. The van der Waals surface area contributed by atoms with Gasteiger partial charge in [-0.2, -0.15) is 0 Å². The molecular formula is C27H26N6O2S. The first kappa shape index (κ1) is 22.6. The van der Waals surface area contributed by atoms with Crippen LogP contribution in [0.25, 0.3) is 43.4 Å². The second-order valence-corrected chi connectivity index (χ2v) is 9.77. The number of thiophene rings is 1. The maximum atomic E-state index is 5.69. The third kappa shape index (κ3) is 3.90. The second kappa shape index (κ2) is 9.33. The average molecular weight is 499 g/mol. The smallest absolute Gasteiger partial charge is 0.212 e. The average Bonchev–Trinajstić information content (AvgIpc) is 3.67. The van der Waals surface area contributed by atoms with Crippen molar-refractivity contribution in [3.8, 4) is 39.1 Å². The number of imidazole rings is 1. The molecule has 8 nitrogen and oxygen atoms in total. The molecule has 4 aromatic heterocycles. The van der Waals surface area contributed by atoms with Gasteiger partial charge in [0.2, 0.25) is 5.88 Å². The molecule has 1 aliphatic heterocycles. The van der Waals surface area contributed by atoms with Crippen LogP contribution >= 0.6 is 11.3 Å². The predicted octanol–water partition coefficient (Wildman–Crippen LogP) is 5.05. The summed E-state index contributed by atoms with van der Waals surface area (Å²) in [5, 5.41) is 1.05. The van der Waals surface area contributed by atoms with Crippen LogP contribution in [0.15, 0.2) is 61.1 Å². The maximum Gasteiger partial charge on any atom is 0.212 e. The van der Waals surface area contributed by atoms with Crippen molar-refractivity contribution in [1.82, 2.24) is 24.5 Å². The van der Waals surface area contributed by atoms with E-state index in [1.165, 1.54) is 0 Å². The lowest BCUT2D eigenvalue weighted by Crippen LogP contribution is -2.23. The zero-order chi connectivity index (χ0) is 24.6. The van der Waals surface area contributed by atoms with Crippen LogP contribution in [0.2, 0.25) is 0 Å². The molecule has 6 rings (SSSR count). The van der Waals surface area contributed by atoms with Gasteiger partial charge in [-0.1, -0.05) is 30.3 Å². The molecule has 5 heterocycles. The molecule has 1 unspecified atom stereocenters. The Morgan fingerprint density at radius 2 is 1.86 bits per heavy atom. The second-order valence-electron chi connectivity index (χ2n) is 8.77. The van der Waals surface area contributed by atoms with E-state index < -0.39 is 0 Å². The van der Waals surface area contributed by atoms with Crippen molar-refractivity contribution in [3.05, 3.63) is 61.1 Å². The van der Waals surface area contributed by atoms with E-state index in [0.29, 0.717) is 11.7 Å². The monoisotopic (exact) mass is 498 g/mol. The van der Waals surface area contributed by atoms with Crippen LogP contribution in [0.5, 0.6) is 5.88 Å². The van der Waals surface area contributed by atoms with Gasteiger partial charge in [-0.25, -0.2) is 19.9 Å². The standard InChI is InChI=1S/C27H26N6O2S/c1-32-14-12-28-26(32)24-30-25(33-13-11-19(16-33)34-2)22-21(17-7-5-4-6-8-17)23(36-27(22)31-24)18-9-10-20(35-3)29-15-18/h4-10,12,14-15,19H,11,13,16H2,1-3H3. The third-order valence-corrected chi connectivity index (χ3v) is 7.73. The summed E-state index contributed by atoms with van der Waals surface area (Å²) < 4.78 is 12.9. The first-order chi connectivity index (χ1) is 17.7. The van der Waals surface area contributed by atoms with Crippen LogP contribution in [-0.2, 0) is 11.8 Å². The van der Waals surface area contributed by atoms with Gasteiger partial charge < -0.3 is 18.9 Å². The van der Waals surface area contributed by atoms with Crippen LogP contribution in [0.3, 0.4) is 0 Å². The topological polar surface area (TPSA) is 78.2 Å². The first-order valence-corrected chi connectivity index (χ1v) is 12.6. The summed E-state index contributed by atoms with van der Waals surface area (Å²) in [7, 11) is 5.36. The molecule has 0 aliphatic carbocycles. The predicted molar refractivity (Wildman–Crippen MR) is 142 cm³/mol. The molecule has 182 valence electrons. The SMILES string of the molecule is COc1ccc(-c2sc3nc(-c4nccn4C)nc(N4CCC(OC)C4)c3c2-c2ccccc2)cn1. The van der Waals surface area contributed by atoms with Gasteiger partial charge in [-0.15, -0.1) is 11.3 Å². The molecule has 9 heteroatoms. The van der Waals surface area contributed by atoms with Crippen molar-refractivity contribution >= 4 is 27.4 Å². The molecule has 5 aromatic rings. The summed E-state index contributed by atoms with van der Waals surface area (Å²) in [4.78, 5) is 23.5. The van der Waals surface area contributed by atoms with E-state index in [1.807, 2.05) is 42.2 Å². The lowest BCUT2D eigenvalue weighted by atomic mass is 10.00. The molecule has 1 atom stereocenters. The molecule has 1 fully saturated rings. The Morgan fingerprint density at radius 3 is 2.53 bits per heavy atom. The molecule has 1 aliphatic rings. The largest absolute Gasteiger partial charge is 0.481 e. The molecule has 0 spiro atoms. The van der Waals surface area contributed by atoms with Gasteiger partial charge in [0.1, 0.15) is 10.6 Å². The van der Waals surface area contributed by atoms with Crippen LogP contribution in [-0.4, -0.2) is 57.9 Å². The minimum atomic E-state index is 0.177. The zero-order valence-electron chi connectivity index (χ0n) is 20.4. The Balaban J connectivity index is 1.65. The number of pyridine rings is 1. The number of aromatic nitrogens is 5. The number of fused-ring (bicyclic) bond motifs is 1. The van der Waals surface area contributed by atoms with E-state index in [1.54, 1.807) is 31.8 Å². The van der Waals surface area contributed by atoms with Crippen LogP contribution in [0.4, 0.5) is 5.82 Å². The number of nitrogens with zero attached hydrogens (tertiary/aromatic N) is 6. The van der Waals surface area contributed by atoms with Gasteiger partial charge in [0, 0.05) is 67.9 Å². The number of methoxy groups -OCH3 is 2. The van der Waals surface area contributed by atoms with Gasteiger partial charge >= 0.3 is 0 Å². The van der Waals surface area contributed by atoms with Crippen LogP contribution in [0, 0.1) is 0 Å². The van der Waals surface area contributed by atoms with Crippen LogP contribution < -0.4 is 9.64 Å². The number of hydrogen-bond donors (Lipinski definition) is 0. The Hall–Kier alpha value is -3.82. The van der Waals surface area contributed by atoms with Crippen molar-refractivity contribution in [2.45, 2.75) is 12.5 Å². The summed E-state index contributed by atoms with van der Waals surface area (Å²) >= 11 is 1.66.